The van der Waals surface area contributed by atoms with Gasteiger partial charge in [0.05, 0.1) is 10.6 Å². The van der Waals surface area contributed by atoms with Gasteiger partial charge in [0, 0.05) is 12.1 Å². The second-order valence-electron chi connectivity index (χ2n) is 4.29. The van der Waals surface area contributed by atoms with Crippen LogP contribution in [0, 0.1) is 22.9 Å². The van der Waals surface area contributed by atoms with Gasteiger partial charge in [0.15, 0.2) is 0 Å². The minimum Gasteiger partial charge on any atom is -0.279 e. The lowest BCUT2D eigenvalue weighted by Gasteiger charge is -2.10. The number of rotatable bonds is 4. The van der Waals surface area contributed by atoms with Gasteiger partial charge in [-0.25, -0.2) is 12.8 Å². The molecule has 0 fully saturated rings. The first kappa shape index (κ1) is 14.9. The van der Waals surface area contributed by atoms with Crippen LogP contribution in [0.2, 0.25) is 0 Å². The number of aryl methyl sites for hydroxylation is 1. The van der Waals surface area contributed by atoms with E-state index in [1.54, 1.807) is 0 Å². The predicted octanol–water partition coefficient (Wildman–Crippen LogP) is 2.84. The van der Waals surface area contributed by atoms with Crippen LogP contribution in [0.5, 0.6) is 0 Å². The first-order chi connectivity index (χ1) is 9.81. The zero-order valence-electron chi connectivity index (χ0n) is 10.9. The summed E-state index contributed by atoms with van der Waals surface area (Å²) >= 11 is 0. The van der Waals surface area contributed by atoms with Crippen molar-refractivity contribution in [2.45, 2.75) is 11.8 Å². The molecule has 0 unspecified atom stereocenters. The van der Waals surface area contributed by atoms with Gasteiger partial charge in [0.25, 0.3) is 15.7 Å². The molecule has 0 saturated carbocycles. The maximum Gasteiger partial charge on any atom is 0.269 e. The van der Waals surface area contributed by atoms with E-state index < -0.39 is 25.7 Å². The third-order valence-electron chi connectivity index (χ3n) is 2.79. The van der Waals surface area contributed by atoms with Crippen molar-refractivity contribution >= 4 is 21.4 Å². The van der Waals surface area contributed by atoms with Crippen LogP contribution in [0.4, 0.5) is 15.8 Å². The molecule has 0 bridgehead atoms. The van der Waals surface area contributed by atoms with Gasteiger partial charge in [-0.1, -0.05) is 12.1 Å². The summed E-state index contributed by atoms with van der Waals surface area (Å²) in [4.78, 5) is 9.57. The highest BCUT2D eigenvalue weighted by Gasteiger charge is 2.20. The number of halogens is 1. The van der Waals surface area contributed by atoms with Gasteiger partial charge < -0.3 is 0 Å². The molecule has 2 aromatic rings. The first-order valence-electron chi connectivity index (χ1n) is 5.83. The largest absolute Gasteiger partial charge is 0.279 e. The van der Waals surface area contributed by atoms with E-state index in [1.165, 1.54) is 37.3 Å². The number of hydrogen-bond donors (Lipinski definition) is 1. The predicted molar refractivity (Wildman–Crippen MR) is 75.0 cm³/mol. The minimum atomic E-state index is -4.09. The molecule has 0 saturated heterocycles. The maximum atomic E-state index is 13.6. The summed E-state index contributed by atoms with van der Waals surface area (Å²) in [5.41, 5.74) is 0.370. The van der Waals surface area contributed by atoms with Crippen LogP contribution < -0.4 is 4.72 Å². The van der Waals surface area contributed by atoms with E-state index in [-0.39, 0.29) is 11.4 Å². The number of nitrogens with one attached hydrogen (secondary N) is 1. The molecule has 0 spiro atoms. The third kappa shape index (κ3) is 3.16. The van der Waals surface area contributed by atoms with Crippen molar-refractivity contribution in [1.82, 2.24) is 0 Å². The molecule has 0 amide bonds. The third-order valence-corrected chi connectivity index (χ3v) is 4.19. The van der Waals surface area contributed by atoms with E-state index in [0.717, 1.165) is 12.1 Å². The molecular formula is C13H11FN2O4S. The molecular weight excluding hydrogens is 299 g/mol. The molecule has 110 valence electrons. The molecule has 0 aliphatic rings. The van der Waals surface area contributed by atoms with Gasteiger partial charge >= 0.3 is 0 Å². The topological polar surface area (TPSA) is 89.3 Å². The maximum absolute atomic E-state index is 13.6. The van der Waals surface area contributed by atoms with Gasteiger partial charge in [-0.05, 0) is 30.7 Å². The van der Waals surface area contributed by atoms with E-state index in [1.807, 2.05) is 0 Å². The molecule has 0 atom stereocenters. The standard InChI is InChI=1S/C13H11FN2O4S/c1-9-8-10(16(17)18)6-7-12(9)15-21(19,20)13-5-3-2-4-11(13)14/h2-8,15H,1H3. The Morgan fingerprint density at radius 1 is 1.19 bits per heavy atom. The van der Waals surface area contributed by atoms with E-state index in [9.17, 15) is 22.9 Å². The highest BCUT2D eigenvalue weighted by atomic mass is 32.2. The highest BCUT2D eigenvalue weighted by Crippen LogP contribution is 2.24. The average molecular weight is 310 g/mol. The van der Waals surface area contributed by atoms with Crippen molar-refractivity contribution in [3.8, 4) is 0 Å². The molecule has 2 rings (SSSR count). The average Bonchev–Trinajstić information content (AvgIpc) is 2.41. The fourth-order valence-electron chi connectivity index (χ4n) is 1.74. The lowest BCUT2D eigenvalue weighted by atomic mass is 10.2. The van der Waals surface area contributed by atoms with Crippen LogP contribution in [-0.4, -0.2) is 13.3 Å². The fraction of sp³-hybridized carbons (Fsp3) is 0.0769. The lowest BCUT2D eigenvalue weighted by molar-refractivity contribution is -0.384. The molecule has 6 nitrogen and oxygen atoms in total. The number of benzene rings is 2. The molecule has 8 heteroatoms. The number of anilines is 1. The number of nitrogens with zero attached hydrogens (tertiary/aromatic N) is 1. The van der Waals surface area contributed by atoms with Crippen molar-refractivity contribution < 1.29 is 17.7 Å². The molecule has 2 aromatic carbocycles. The minimum absolute atomic E-state index is 0.152. The Bertz CT molecular complexity index is 806. The second-order valence-corrected chi connectivity index (χ2v) is 5.94. The number of nitro groups is 1. The van der Waals surface area contributed by atoms with Crippen molar-refractivity contribution in [3.05, 3.63) is 64.0 Å². The summed E-state index contributed by atoms with van der Waals surface area (Å²) in [7, 11) is -4.09. The van der Waals surface area contributed by atoms with Gasteiger partial charge in [-0.3, -0.25) is 14.8 Å². The van der Waals surface area contributed by atoms with Crippen LogP contribution in [0.1, 0.15) is 5.56 Å². The van der Waals surface area contributed by atoms with Crippen LogP contribution in [0.15, 0.2) is 47.4 Å². The molecule has 1 N–H and O–H groups in total. The van der Waals surface area contributed by atoms with Gasteiger partial charge in [-0.15, -0.1) is 0 Å². The van der Waals surface area contributed by atoms with Crippen LogP contribution in [-0.2, 0) is 10.0 Å². The molecule has 0 aromatic heterocycles. The van der Waals surface area contributed by atoms with Gasteiger partial charge in [-0.2, -0.15) is 0 Å². The van der Waals surface area contributed by atoms with Crippen molar-refractivity contribution in [2.24, 2.45) is 0 Å². The lowest BCUT2D eigenvalue weighted by Crippen LogP contribution is -2.15. The van der Waals surface area contributed by atoms with Crippen LogP contribution in [0.25, 0.3) is 0 Å². The zero-order chi connectivity index (χ0) is 15.6. The van der Waals surface area contributed by atoms with E-state index in [2.05, 4.69) is 4.72 Å². The quantitative estimate of drug-likeness (QED) is 0.694. The molecule has 0 radical (unpaired) electrons. The molecule has 21 heavy (non-hydrogen) atoms. The van der Waals surface area contributed by atoms with E-state index in [0.29, 0.717) is 5.56 Å². The zero-order valence-corrected chi connectivity index (χ0v) is 11.7. The van der Waals surface area contributed by atoms with E-state index in [4.69, 9.17) is 0 Å². The second kappa shape index (κ2) is 5.49. The van der Waals surface area contributed by atoms with E-state index >= 15 is 0 Å². The van der Waals surface area contributed by atoms with Crippen LogP contribution in [0.3, 0.4) is 0 Å². The number of sulfonamides is 1. The smallest absolute Gasteiger partial charge is 0.269 e. The number of non-ortho nitro benzene ring substituents is 1. The molecule has 0 heterocycles. The fourth-order valence-corrected chi connectivity index (χ4v) is 2.95. The van der Waals surface area contributed by atoms with Crippen molar-refractivity contribution in [2.75, 3.05) is 4.72 Å². The van der Waals surface area contributed by atoms with Crippen molar-refractivity contribution in [1.29, 1.82) is 0 Å². The molecule has 0 aliphatic heterocycles. The normalized spacial score (nSPS) is 11.1. The van der Waals surface area contributed by atoms with Crippen LogP contribution >= 0.6 is 0 Å². The number of nitro benzene ring substituents is 1. The Kier molecular flexibility index (Phi) is 3.90. The first-order valence-corrected chi connectivity index (χ1v) is 7.32. The monoisotopic (exact) mass is 310 g/mol. The number of hydrogen-bond acceptors (Lipinski definition) is 4. The Hall–Kier alpha value is -2.48. The SMILES string of the molecule is Cc1cc([N+](=O)[O-])ccc1NS(=O)(=O)c1ccccc1F. The van der Waals surface area contributed by atoms with Gasteiger partial charge in [0.1, 0.15) is 10.7 Å². The summed E-state index contributed by atoms with van der Waals surface area (Å²) in [5.74, 6) is -0.871. The summed E-state index contributed by atoms with van der Waals surface area (Å²) in [6.07, 6.45) is 0. The van der Waals surface area contributed by atoms with Crippen molar-refractivity contribution in [3.63, 3.8) is 0 Å². The summed E-state index contributed by atoms with van der Waals surface area (Å²) in [6.45, 7) is 1.52. The Labute approximate surface area is 120 Å². The Balaban J connectivity index is 2.38. The Morgan fingerprint density at radius 3 is 2.43 bits per heavy atom. The Morgan fingerprint density at radius 2 is 1.86 bits per heavy atom. The van der Waals surface area contributed by atoms with Gasteiger partial charge in [0.2, 0.25) is 0 Å². The highest BCUT2D eigenvalue weighted by molar-refractivity contribution is 7.92. The summed E-state index contributed by atoms with van der Waals surface area (Å²) < 4.78 is 40.0. The molecule has 0 aliphatic carbocycles. The summed E-state index contributed by atoms with van der Waals surface area (Å²) in [6, 6.07) is 8.64. The summed E-state index contributed by atoms with van der Waals surface area (Å²) in [5, 5.41) is 10.6.